The molecule has 1 aliphatic heterocycles. The van der Waals surface area contributed by atoms with Crippen LogP contribution in [0, 0.1) is 0 Å². The third-order valence-electron chi connectivity index (χ3n) is 4.16. The lowest BCUT2D eigenvalue weighted by Gasteiger charge is -2.40. The van der Waals surface area contributed by atoms with Crippen molar-refractivity contribution in [2.24, 2.45) is 0 Å². The topological polar surface area (TPSA) is 18.5 Å². The molecule has 2 rings (SSSR count). The molecule has 1 unspecified atom stereocenters. The molecule has 1 N–H and O–H groups in total. The van der Waals surface area contributed by atoms with Crippen LogP contribution < -0.4 is 10.2 Å². The maximum atomic E-state index is 3.62. The summed E-state index contributed by atoms with van der Waals surface area (Å²) >= 11 is 3.62. The van der Waals surface area contributed by atoms with Gasteiger partial charge in [0.25, 0.3) is 0 Å². The molecule has 0 saturated carbocycles. The summed E-state index contributed by atoms with van der Waals surface area (Å²) in [4.78, 5) is 4.96. The lowest BCUT2D eigenvalue weighted by atomic mass is 10.1. The maximum Gasteiger partial charge on any atom is 0.0424 e. The smallest absolute Gasteiger partial charge is 0.0424 e. The molecule has 1 aromatic rings. The molecule has 1 atom stereocenters. The van der Waals surface area contributed by atoms with Gasteiger partial charge in [-0.1, -0.05) is 22.0 Å². The molecule has 3 nitrogen and oxygen atoms in total. The minimum atomic E-state index is 0.139. The summed E-state index contributed by atoms with van der Waals surface area (Å²) in [6, 6.07) is 7.24. The highest BCUT2D eigenvalue weighted by Crippen LogP contribution is 2.27. The minimum Gasteiger partial charge on any atom is -0.368 e. The Balaban J connectivity index is 2.19. The fraction of sp³-hybridized carbons (Fsp3) is 0.647. The van der Waals surface area contributed by atoms with E-state index in [-0.39, 0.29) is 5.54 Å². The van der Waals surface area contributed by atoms with Crippen LogP contribution in [0.25, 0.3) is 0 Å². The van der Waals surface area contributed by atoms with Gasteiger partial charge in [-0.2, -0.15) is 0 Å². The van der Waals surface area contributed by atoms with Gasteiger partial charge in [0.05, 0.1) is 0 Å². The molecule has 0 aliphatic carbocycles. The predicted octanol–water partition coefficient (Wildman–Crippen LogP) is 3.48. The van der Waals surface area contributed by atoms with Gasteiger partial charge in [0.2, 0.25) is 0 Å². The molecule has 0 amide bonds. The molecule has 0 radical (unpaired) electrons. The Hall–Kier alpha value is -0.580. The van der Waals surface area contributed by atoms with E-state index in [1.165, 1.54) is 11.3 Å². The molecule has 4 heteroatoms. The van der Waals surface area contributed by atoms with Crippen molar-refractivity contribution in [1.82, 2.24) is 10.2 Å². The van der Waals surface area contributed by atoms with Crippen molar-refractivity contribution in [1.29, 1.82) is 0 Å². The summed E-state index contributed by atoms with van der Waals surface area (Å²) < 4.78 is 1.16. The van der Waals surface area contributed by atoms with E-state index in [4.69, 9.17) is 0 Å². The Morgan fingerprint density at radius 2 is 2.00 bits per heavy atom. The second kappa shape index (κ2) is 6.67. The molecule has 0 spiro atoms. The Kier molecular flexibility index (Phi) is 5.33. The van der Waals surface area contributed by atoms with Gasteiger partial charge >= 0.3 is 0 Å². The number of anilines is 1. The molecule has 118 valence electrons. The number of piperazine rings is 1. The van der Waals surface area contributed by atoms with Crippen molar-refractivity contribution in [2.45, 2.75) is 45.8 Å². The van der Waals surface area contributed by atoms with Crippen molar-refractivity contribution < 1.29 is 0 Å². The lowest BCUT2D eigenvalue weighted by molar-refractivity contribution is 0.234. The predicted molar refractivity (Wildman–Crippen MR) is 95.0 cm³/mol. The minimum absolute atomic E-state index is 0.139. The summed E-state index contributed by atoms with van der Waals surface area (Å²) in [7, 11) is 2.21. The van der Waals surface area contributed by atoms with E-state index in [2.05, 4.69) is 84.0 Å². The Bertz CT molecular complexity index is 481. The number of halogens is 1. The van der Waals surface area contributed by atoms with Crippen LogP contribution in [0.4, 0.5) is 5.69 Å². The Morgan fingerprint density at radius 1 is 1.29 bits per heavy atom. The molecule has 1 fully saturated rings. The number of likely N-dealkylation sites (N-methyl/N-ethyl adjacent to an activating group) is 1. The van der Waals surface area contributed by atoms with Crippen molar-refractivity contribution in [3.8, 4) is 0 Å². The van der Waals surface area contributed by atoms with Gasteiger partial charge in [-0.05, 0) is 52.4 Å². The van der Waals surface area contributed by atoms with Crippen molar-refractivity contribution in [3.05, 3.63) is 28.2 Å². The molecular formula is C17H28BrN3. The molecule has 0 aromatic heterocycles. The zero-order valence-corrected chi connectivity index (χ0v) is 15.5. The maximum absolute atomic E-state index is 3.62. The van der Waals surface area contributed by atoms with Crippen LogP contribution in [0.1, 0.15) is 33.3 Å². The van der Waals surface area contributed by atoms with Gasteiger partial charge in [-0.15, -0.1) is 0 Å². The van der Waals surface area contributed by atoms with E-state index in [0.29, 0.717) is 6.04 Å². The number of nitrogens with one attached hydrogen (secondary N) is 1. The van der Waals surface area contributed by atoms with E-state index in [1.54, 1.807) is 0 Å². The van der Waals surface area contributed by atoms with E-state index in [1.807, 2.05) is 0 Å². The summed E-state index contributed by atoms with van der Waals surface area (Å²) in [5.41, 5.74) is 2.88. The first kappa shape index (κ1) is 16.8. The number of rotatable bonds is 3. The highest BCUT2D eigenvalue weighted by atomic mass is 79.9. The average Bonchev–Trinajstić information content (AvgIpc) is 2.39. The number of benzene rings is 1. The van der Waals surface area contributed by atoms with Gasteiger partial charge in [0, 0.05) is 47.9 Å². The zero-order valence-electron chi connectivity index (χ0n) is 13.9. The van der Waals surface area contributed by atoms with Crippen LogP contribution in [0.15, 0.2) is 22.7 Å². The summed E-state index contributed by atoms with van der Waals surface area (Å²) in [5, 5.41) is 3.60. The molecule has 0 bridgehead atoms. The summed E-state index contributed by atoms with van der Waals surface area (Å²) in [6.45, 7) is 13.2. The van der Waals surface area contributed by atoms with Crippen LogP contribution in [-0.2, 0) is 6.54 Å². The van der Waals surface area contributed by atoms with Crippen LogP contribution in [0.3, 0.4) is 0 Å². The first-order chi connectivity index (χ1) is 9.76. The fourth-order valence-electron chi connectivity index (χ4n) is 2.61. The van der Waals surface area contributed by atoms with Crippen molar-refractivity contribution in [2.75, 3.05) is 31.6 Å². The summed E-state index contributed by atoms with van der Waals surface area (Å²) in [5.74, 6) is 0. The number of hydrogen-bond acceptors (Lipinski definition) is 3. The molecular weight excluding hydrogens is 326 g/mol. The third-order valence-corrected chi connectivity index (χ3v) is 4.65. The van der Waals surface area contributed by atoms with Crippen LogP contribution in [0.2, 0.25) is 0 Å². The molecule has 21 heavy (non-hydrogen) atoms. The average molecular weight is 354 g/mol. The van der Waals surface area contributed by atoms with Gasteiger partial charge in [-0.25, -0.2) is 0 Å². The Labute approximate surface area is 137 Å². The SMILES string of the molecule is CC1CN(c2cc(Br)ccc2CNC(C)(C)C)CCN1C. The summed E-state index contributed by atoms with van der Waals surface area (Å²) in [6.07, 6.45) is 0. The molecule has 1 aliphatic rings. The van der Waals surface area contributed by atoms with E-state index in [0.717, 1.165) is 30.7 Å². The fourth-order valence-corrected chi connectivity index (χ4v) is 2.96. The highest BCUT2D eigenvalue weighted by Gasteiger charge is 2.23. The first-order valence-corrected chi connectivity index (χ1v) is 8.54. The van der Waals surface area contributed by atoms with Gasteiger partial charge in [0.15, 0.2) is 0 Å². The van der Waals surface area contributed by atoms with Crippen molar-refractivity contribution in [3.63, 3.8) is 0 Å². The zero-order chi connectivity index (χ0) is 15.6. The van der Waals surface area contributed by atoms with E-state index in [9.17, 15) is 0 Å². The standard InChI is InChI=1S/C17H28BrN3/c1-13-12-21(9-8-20(13)5)16-10-15(18)7-6-14(16)11-19-17(2,3)4/h6-7,10,13,19H,8-9,11-12H2,1-5H3. The second-order valence-electron chi connectivity index (χ2n) is 7.15. The van der Waals surface area contributed by atoms with Gasteiger partial charge in [0.1, 0.15) is 0 Å². The largest absolute Gasteiger partial charge is 0.368 e. The molecule has 1 saturated heterocycles. The lowest BCUT2D eigenvalue weighted by Crippen LogP contribution is -2.50. The molecule has 1 heterocycles. The number of hydrogen-bond donors (Lipinski definition) is 1. The third kappa shape index (κ3) is 4.70. The van der Waals surface area contributed by atoms with Gasteiger partial charge < -0.3 is 15.1 Å². The normalized spacial score (nSPS) is 20.9. The van der Waals surface area contributed by atoms with Crippen LogP contribution in [-0.4, -0.2) is 43.2 Å². The Morgan fingerprint density at radius 3 is 2.62 bits per heavy atom. The highest BCUT2D eigenvalue weighted by molar-refractivity contribution is 9.10. The monoisotopic (exact) mass is 353 g/mol. The molecule has 1 aromatic carbocycles. The quantitative estimate of drug-likeness (QED) is 0.897. The van der Waals surface area contributed by atoms with Crippen molar-refractivity contribution >= 4 is 21.6 Å². The van der Waals surface area contributed by atoms with E-state index < -0.39 is 0 Å². The van der Waals surface area contributed by atoms with E-state index >= 15 is 0 Å². The number of nitrogens with zero attached hydrogens (tertiary/aromatic N) is 2. The van der Waals surface area contributed by atoms with Gasteiger partial charge in [-0.3, -0.25) is 0 Å². The second-order valence-corrected chi connectivity index (χ2v) is 8.07. The van der Waals surface area contributed by atoms with Crippen LogP contribution >= 0.6 is 15.9 Å². The first-order valence-electron chi connectivity index (χ1n) is 7.75. The van der Waals surface area contributed by atoms with Crippen LogP contribution in [0.5, 0.6) is 0 Å².